The van der Waals surface area contributed by atoms with E-state index in [0.717, 1.165) is 50.3 Å². The van der Waals surface area contributed by atoms with Crippen LogP contribution in [0.25, 0.3) is 0 Å². The van der Waals surface area contributed by atoms with Gasteiger partial charge in [0.1, 0.15) is 5.75 Å². The minimum Gasteiger partial charge on any atom is -0.508 e. The van der Waals surface area contributed by atoms with Gasteiger partial charge in [0.05, 0.1) is 6.54 Å². The first kappa shape index (κ1) is 21.7. The van der Waals surface area contributed by atoms with Crippen LogP contribution in [0.5, 0.6) is 5.75 Å². The maximum atomic E-state index is 12.0. The molecule has 0 saturated carbocycles. The van der Waals surface area contributed by atoms with E-state index in [1.165, 1.54) is 5.56 Å². The van der Waals surface area contributed by atoms with Crippen LogP contribution in [-0.2, 0) is 16.1 Å². The number of nitrogens with zero attached hydrogens (tertiary/aromatic N) is 2. The normalized spacial score (nSPS) is 16.0. The lowest BCUT2D eigenvalue weighted by atomic mass is 9.95. The summed E-state index contributed by atoms with van der Waals surface area (Å²) < 4.78 is 4.98. The SMILES string of the molecule is COCCCNC(=O)CN1CCN(Cc2cc(C(C)C)c(C)cc2O)CC1. The minimum atomic E-state index is 0.0808. The minimum absolute atomic E-state index is 0.0808. The zero-order chi connectivity index (χ0) is 19.8. The molecule has 0 atom stereocenters. The second-order valence-corrected chi connectivity index (χ2v) is 7.74. The lowest BCUT2D eigenvalue weighted by Crippen LogP contribution is -2.49. The van der Waals surface area contributed by atoms with Gasteiger partial charge in [-0.05, 0) is 36.5 Å². The van der Waals surface area contributed by atoms with E-state index in [1.807, 2.05) is 6.07 Å². The summed E-state index contributed by atoms with van der Waals surface area (Å²) in [5.41, 5.74) is 3.44. The number of phenols is 1. The van der Waals surface area contributed by atoms with E-state index in [9.17, 15) is 9.90 Å². The summed E-state index contributed by atoms with van der Waals surface area (Å²) in [6, 6.07) is 4.03. The average Bonchev–Trinajstić information content (AvgIpc) is 2.62. The van der Waals surface area contributed by atoms with Gasteiger partial charge in [0.2, 0.25) is 5.91 Å². The highest BCUT2D eigenvalue weighted by Gasteiger charge is 2.20. The van der Waals surface area contributed by atoms with Crippen LogP contribution in [0.2, 0.25) is 0 Å². The van der Waals surface area contributed by atoms with Gasteiger partial charge in [0, 0.05) is 58.5 Å². The number of aryl methyl sites for hydroxylation is 1. The Kier molecular flexibility index (Phi) is 8.54. The van der Waals surface area contributed by atoms with Crippen LogP contribution < -0.4 is 5.32 Å². The molecule has 1 saturated heterocycles. The maximum absolute atomic E-state index is 12.0. The standard InChI is InChI=1S/C21H35N3O3/c1-16(2)19-13-18(20(25)12-17(19)3)14-23-7-9-24(10-8-23)15-21(26)22-6-5-11-27-4/h12-13,16,25H,5-11,14-15H2,1-4H3,(H,22,26). The van der Waals surface area contributed by atoms with Gasteiger partial charge >= 0.3 is 0 Å². The quantitative estimate of drug-likeness (QED) is 0.645. The molecule has 2 rings (SSSR count). The van der Waals surface area contributed by atoms with Crippen LogP contribution in [0.1, 0.15) is 42.9 Å². The molecule has 0 unspecified atom stereocenters. The smallest absolute Gasteiger partial charge is 0.234 e. The van der Waals surface area contributed by atoms with E-state index < -0.39 is 0 Å². The lowest BCUT2D eigenvalue weighted by molar-refractivity contribution is -0.122. The highest BCUT2D eigenvalue weighted by Crippen LogP contribution is 2.28. The molecule has 1 amide bonds. The molecule has 6 heteroatoms. The second-order valence-electron chi connectivity index (χ2n) is 7.74. The molecule has 1 aliphatic rings. The van der Waals surface area contributed by atoms with Gasteiger partial charge < -0.3 is 15.2 Å². The number of carbonyl (C=O) groups excluding carboxylic acids is 1. The van der Waals surface area contributed by atoms with Crippen molar-refractivity contribution in [1.82, 2.24) is 15.1 Å². The topological polar surface area (TPSA) is 65.0 Å². The summed E-state index contributed by atoms with van der Waals surface area (Å²) in [7, 11) is 1.67. The van der Waals surface area contributed by atoms with Gasteiger partial charge in [-0.25, -0.2) is 0 Å². The van der Waals surface area contributed by atoms with E-state index in [2.05, 4.69) is 42.0 Å². The molecule has 0 aromatic heterocycles. The van der Waals surface area contributed by atoms with Crippen LogP contribution >= 0.6 is 0 Å². The van der Waals surface area contributed by atoms with E-state index in [1.54, 1.807) is 7.11 Å². The molecule has 1 aliphatic heterocycles. The Bertz CT molecular complexity index is 611. The van der Waals surface area contributed by atoms with E-state index >= 15 is 0 Å². The van der Waals surface area contributed by atoms with Crippen molar-refractivity contribution in [3.8, 4) is 5.75 Å². The molecule has 0 radical (unpaired) electrons. The summed E-state index contributed by atoms with van der Waals surface area (Å²) in [4.78, 5) is 16.5. The highest BCUT2D eigenvalue weighted by molar-refractivity contribution is 5.77. The number of methoxy groups -OCH3 is 1. The fourth-order valence-corrected chi connectivity index (χ4v) is 3.55. The third kappa shape index (κ3) is 6.79. The molecule has 1 fully saturated rings. The molecule has 27 heavy (non-hydrogen) atoms. The molecule has 0 aliphatic carbocycles. The number of rotatable bonds is 9. The molecule has 152 valence electrons. The summed E-state index contributed by atoms with van der Waals surface area (Å²) in [6.07, 6.45) is 0.842. The van der Waals surface area contributed by atoms with Crippen LogP contribution in [-0.4, -0.2) is 73.8 Å². The monoisotopic (exact) mass is 377 g/mol. The Hall–Kier alpha value is -1.63. The van der Waals surface area contributed by atoms with Crippen molar-refractivity contribution >= 4 is 5.91 Å². The Balaban J connectivity index is 1.79. The number of hydrogen-bond donors (Lipinski definition) is 2. The number of aromatic hydroxyl groups is 1. The number of piperazine rings is 1. The van der Waals surface area contributed by atoms with Gasteiger partial charge in [0.15, 0.2) is 0 Å². The number of nitrogens with one attached hydrogen (secondary N) is 1. The zero-order valence-corrected chi connectivity index (χ0v) is 17.3. The third-order valence-electron chi connectivity index (χ3n) is 5.16. The van der Waals surface area contributed by atoms with Crippen molar-refractivity contribution < 1.29 is 14.6 Å². The van der Waals surface area contributed by atoms with Crippen LogP contribution in [0.4, 0.5) is 0 Å². The predicted octanol–water partition coefficient (Wildman–Crippen LogP) is 2.09. The zero-order valence-electron chi connectivity index (χ0n) is 17.3. The van der Waals surface area contributed by atoms with Crippen LogP contribution in [0.3, 0.4) is 0 Å². The van der Waals surface area contributed by atoms with Crippen molar-refractivity contribution in [1.29, 1.82) is 0 Å². The Morgan fingerprint density at radius 2 is 1.89 bits per heavy atom. The van der Waals surface area contributed by atoms with E-state index in [-0.39, 0.29) is 5.91 Å². The summed E-state index contributed by atoms with van der Waals surface area (Å²) in [5.74, 6) is 0.913. The second kappa shape index (κ2) is 10.6. The molecule has 1 aromatic carbocycles. The van der Waals surface area contributed by atoms with Crippen LogP contribution in [0.15, 0.2) is 12.1 Å². The van der Waals surface area contributed by atoms with Crippen molar-refractivity contribution in [2.24, 2.45) is 0 Å². The predicted molar refractivity (Wildman–Crippen MR) is 108 cm³/mol. The molecule has 6 nitrogen and oxygen atoms in total. The largest absolute Gasteiger partial charge is 0.508 e. The van der Waals surface area contributed by atoms with Gasteiger partial charge in [-0.3, -0.25) is 14.6 Å². The Morgan fingerprint density at radius 3 is 2.52 bits per heavy atom. The molecule has 1 heterocycles. The number of ether oxygens (including phenoxy) is 1. The maximum Gasteiger partial charge on any atom is 0.234 e. The van der Waals surface area contributed by atoms with Gasteiger partial charge in [-0.2, -0.15) is 0 Å². The molecule has 1 aromatic rings. The average molecular weight is 378 g/mol. The van der Waals surface area contributed by atoms with Crippen molar-refractivity contribution in [2.75, 3.05) is 53.0 Å². The fourth-order valence-electron chi connectivity index (χ4n) is 3.55. The first-order chi connectivity index (χ1) is 12.9. The summed E-state index contributed by atoms with van der Waals surface area (Å²) in [5, 5.41) is 13.3. The van der Waals surface area contributed by atoms with Crippen molar-refractivity contribution in [3.63, 3.8) is 0 Å². The number of phenolic OH excluding ortho intramolecular Hbond substituents is 1. The first-order valence-corrected chi connectivity index (χ1v) is 9.93. The third-order valence-corrected chi connectivity index (χ3v) is 5.16. The number of amides is 1. The highest BCUT2D eigenvalue weighted by atomic mass is 16.5. The molecular weight excluding hydrogens is 342 g/mol. The number of hydrogen-bond acceptors (Lipinski definition) is 5. The number of benzene rings is 1. The fraction of sp³-hybridized carbons (Fsp3) is 0.667. The van der Waals surface area contributed by atoms with Crippen molar-refractivity contribution in [3.05, 3.63) is 28.8 Å². The Labute approximate surface area is 163 Å². The first-order valence-electron chi connectivity index (χ1n) is 9.93. The van der Waals surface area contributed by atoms with Crippen LogP contribution in [0, 0.1) is 6.92 Å². The van der Waals surface area contributed by atoms with Crippen molar-refractivity contribution in [2.45, 2.75) is 39.7 Å². The molecule has 0 spiro atoms. The summed E-state index contributed by atoms with van der Waals surface area (Å²) in [6.45, 7) is 12.5. The van der Waals surface area contributed by atoms with E-state index in [4.69, 9.17) is 4.74 Å². The van der Waals surface area contributed by atoms with Gasteiger partial charge in [-0.15, -0.1) is 0 Å². The lowest BCUT2D eigenvalue weighted by Gasteiger charge is -2.34. The van der Waals surface area contributed by atoms with Gasteiger partial charge in [-0.1, -0.05) is 19.9 Å². The molecular formula is C21H35N3O3. The molecule has 2 N–H and O–H groups in total. The number of carbonyl (C=O) groups is 1. The molecule has 0 bridgehead atoms. The van der Waals surface area contributed by atoms with E-state index in [0.29, 0.717) is 31.4 Å². The Morgan fingerprint density at radius 1 is 1.22 bits per heavy atom. The summed E-state index contributed by atoms with van der Waals surface area (Å²) >= 11 is 0. The van der Waals surface area contributed by atoms with Gasteiger partial charge in [0.25, 0.3) is 0 Å².